The number of fused-ring (bicyclic) bond motifs is 1. The van der Waals surface area contributed by atoms with Crippen molar-refractivity contribution in [2.45, 2.75) is 0 Å². The molecule has 2 aromatic heterocycles. The summed E-state index contributed by atoms with van der Waals surface area (Å²) < 4.78 is 7.74. The van der Waals surface area contributed by atoms with Gasteiger partial charge in [-0.05, 0) is 0 Å². The highest BCUT2D eigenvalue weighted by Gasteiger charge is 2.20. The Balaban J connectivity index is 3.26. The molecule has 0 aromatic carbocycles. The predicted octanol–water partition coefficient (Wildman–Crippen LogP) is -1.28. The van der Waals surface area contributed by atoms with Crippen LogP contribution in [0.1, 0.15) is 10.4 Å². The van der Waals surface area contributed by atoms with E-state index in [0.29, 0.717) is 0 Å². The van der Waals surface area contributed by atoms with Crippen LogP contribution in [-0.4, -0.2) is 26.8 Å². The van der Waals surface area contributed by atoms with E-state index in [1.54, 1.807) is 0 Å². The van der Waals surface area contributed by atoms with E-state index in [1.807, 2.05) is 0 Å². The van der Waals surface area contributed by atoms with Gasteiger partial charge in [0.15, 0.2) is 0 Å². The minimum absolute atomic E-state index is 0.0245. The summed E-state index contributed by atoms with van der Waals surface area (Å²) >= 11 is 0. The van der Waals surface area contributed by atoms with Gasteiger partial charge in [0.1, 0.15) is 5.65 Å². The first-order valence-corrected chi connectivity index (χ1v) is 5.69. The maximum atomic E-state index is 12.2. The number of pyridine rings is 1. The molecule has 0 N–H and O–H groups in total. The molecule has 0 radical (unpaired) electrons. The molecule has 2 heterocycles. The van der Waals surface area contributed by atoms with Gasteiger partial charge < -0.3 is 4.74 Å². The molecule has 8 nitrogen and oxygen atoms in total. The molecular formula is C12H13N3O5. The number of ether oxygens (including phenoxy) is 1. The quantitative estimate of drug-likeness (QED) is 0.606. The van der Waals surface area contributed by atoms with Crippen LogP contribution in [0.4, 0.5) is 0 Å². The van der Waals surface area contributed by atoms with Crippen molar-refractivity contribution < 1.29 is 9.53 Å². The highest BCUT2D eigenvalue weighted by atomic mass is 16.5. The standard InChI is InChI=1S/C12H13N3O5/c1-13-7(16)5-6(11(18)20-4)8-9(13)14(2)12(19)15(3)10(8)17/h5H,1-4H3. The van der Waals surface area contributed by atoms with Gasteiger partial charge in [-0.3, -0.25) is 23.3 Å². The summed E-state index contributed by atoms with van der Waals surface area (Å²) in [4.78, 5) is 47.8. The first-order valence-electron chi connectivity index (χ1n) is 5.69. The van der Waals surface area contributed by atoms with Crippen molar-refractivity contribution in [3.05, 3.63) is 42.8 Å². The fourth-order valence-electron chi connectivity index (χ4n) is 2.13. The largest absolute Gasteiger partial charge is 0.465 e. The lowest BCUT2D eigenvalue weighted by Gasteiger charge is -2.13. The third-order valence-corrected chi connectivity index (χ3v) is 3.22. The molecule has 0 fully saturated rings. The fraction of sp³-hybridized carbons (Fsp3) is 0.333. The Labute approximate surface area is 112 Å². The van der Waals surface area contributed by atoms with Gasteiger partial charge in [0.25, 0.3) is 11.1 Å². The Bertz CT molecular complexity index is 900. The molecule has 20 heavy (non-hydrogen) atoms. The molecule has 0 unspecified atom stereocenters. The van der Waals surface area contributed by atoms with Gasteiger partial charge in [-0.25, -0.2) is 9.59 Å². The zero-order chi connectivity index (χ0) is 15.2. The number of rotatable bonds is 1. The van der Waals surface area contributed by atoms with E-state index in [2.05, 4.69) is 4.74 Å². The SMILES string of the molecule is COC(=O)c1cc(=O)n(C)c2c1c(=O)n(C)c(=O)n2C. The van der Waals surface area contributed by atoms with Gasteiger partial charge in [-0.15, -0.1) is 0 Å². The van der Waals surface area contributed by atoms with E-state index in [9.17, 15) is 19.2 Å². The second-order valence-corrected chi connectivity index (χ2v) is 4.35. The van der Waals surface area contributed by atoms with Crippen molar-refractivity contribution in [2.75, 3.05) is 7.11 Å². The third kappa shape index (κ3) is 1.68. The maximum absolute atomic E-state index is 12.2. The normalized spacial score (nSPS) is 10.8. The summed E-state index contributed by atoms with van der Waals surface area (Å²) in [6, 6.07) is 1.03. The number of carbonyl (C=O) groups is 1. The molecule has 0 bridgehead atoms. The van der Waals surface area contributed by atoms with Gasteiger partial charge >= 0.3 is 11.7 Å². The van der Waals surface area contributed by atoms with Crippen LogP contribution in [0.2, 0.25) is 0 Å². The minimum Gasteiger partial charge on any atom is -0.465 e. The molecule has 2 aromatic rings. The molecule has 0 spiro atoms. The summed E-state index contributed by atoms with van der Waals surface area (Å²) in [6.45, 7) is 0. The lowest BCUT2D eigenvalue weighted by atomic mass is 10.1. The average molecular weight is 279 g/mol. The number of aryl methyl sites for hydroxylation is 2. The molecule has 0 atom stereocenters. The predicted molar refractivity (Wildman–Crippen MR) is 71.0 cm³/mol. The van der Waals surface area contributed by atoms with Gasteiger partial charge in [-0.2, -0.15) is 0 Å². The highest BCUT2D eigenvalue weighted by Crippen LogP contribution is 2.11. The molecule has 0 saturated carbocycles. The van der Waals surface area contributed by atoms with E-state index < -0.39 is 22.8 Å². The number of hydrogen-bond acceptors (Lipinski definition) is 5. The van der Waals surface area contributed by atoms with E-state index in [0.717, 1.165) is 26.9 Å². The lowest BCUT2D eigenvalue weighted by Crippen LogP contribution is -2.40. The Morgan fingerprint density at radius 2 is 1.65 bits per heavy atom. The van der Waals surface area contributed by atoms with Crippen LogP contribution < -0.4 is 16.8 Å². The number of nitrogens with zero attached hydrogens (tertiary/aromatic N) is 3. The van der Waals surface area contributed by atoms with Crippen LogP contribution >= 0.6 is 0 Å². The first-order chi connectivity index (χ1) is 9.31. The second-order valence-electron chi connectivity index (χ2n) is 4.35. The number of esters is 1. The topological polar surface area (TPSA) is 92.3 Å². The zero-order valence-corrected chi connectivity index (χ0v) is 11.5. The Kier molecular flexibility index (Phi) is 3.09. The Morgan fingerprint density at radius 1 is 1.05 bits per heavy atom. The third-order valence-electron chi connectivity index (χ3n) is 3.22. The lowest BCUT2D eigenvalue weighted by molar-refractivity contribution is 0.0602. The van der Waals surface area contributed by atoms with Crippen LogP contribution in [-0.2, 0) is 25.9 Å². The molecule has 0 saturated heterocycles. The molecule has 8 heteroatoms. The number of methoxy groups -OCH3 is 1. The van der Waals surface area contributed by atoms with E-state index in [4.69, 9.17) is 0 Å². The van der Waals surface area contributed by atoms with Gasteiger partial charge in [0, 0.05) is 27.2 Å². The number of aromatic nitrogens is 3. The molecule has 0 aliphatic heterocycles. The monoisotopic (exact) mass is 279 g/mol. The number of hydrogen-bond donors (Lipinski definition) is 0. The molecular weight excluding hydrogens is 266 g/mol. The number of carbonyl (C=O) groups excluding carboxylic acids is 1. The first kappa shape index (κ1) is 13.8. The minimum atomic E-state index is -0.802. The van der Waals surface area contributed by atoms with E-state index >= 15 is 0 Å². The van der Waals surface area contributed by atoms with Gasteiger partial charge in [0.05, 0.1) is 18.1 Å². The molecule has 0 aliphatic rings. The van der Waals surface area contributed by atoms with Crippen molar-refractivity contribution >= 4 is 17.0 Å². The van der Waals surface area contributed by atoms with Crippen molar-refractivity contribution in [1.82, 2.24) is 13.7 Å². The summed E-state index contributed by atoms with van der Waals surface area (Å²) in [5, 5.41) is -0.0245. The highest BCUT2D eigenvalue weighted by molar-refractivity contribution is 6.02. The van der Waals surface area contributed by atoms with Crippen LogP contribution in [0, 0.1) is 0 Å². The smallest absolute Gasteiger partial charge is 0.339 e. The van der Waals surface area contributed by atoms with Crippen molar-refractivity contribution in [3.8, 4) is 0 Å². The molecule has 0 aliphatic carbocycles. The van der Waals surface area contributed by atoms with Crippen LogP contribution in [0.15, 0.2) is 20.4 Å². The van der Waals surface area contributed by atoms with Crippen LogP contribution in [0.25, 0.3) is 11.0 Å². The van der Waals surface area contributed by atoms with Crippen molar-refractivity contribution in [3.63, 3.8) is 0 Å². The van der Waals surface area contributed by atoms with Gasteiger partial charge in [-0.1, -0.05) is 0 Å². The van der Waals surface area contributed by atoms with Crippen molar-refractivity contribution in [2.24, 2.45) is 21.1 Å². The fourth-order valence-corrected chi connectivity index (χ4v) is 2.13. The summed E-state index contributed by atoms with van der Waals surface area (Å²) in [5.74, 6) is -0.802. The molecule has 0 amide bonds. The Morgan fingerprint density at radius 3 is 2.20 bits per heavy atom. The molecule has 2 rings (SSSR count). The zero-order valence-electron chi connectivity index (χ0n) is 11.5. The summed E-state index contributed by atoms with van der Waals surface area (Å²) in [5.41, 5.74) is -1.83. The summed E-state index contributed by atoms with van der Waals surface area (Å²) in [7, 11) is 5.30. The summed E-state index contributed by atoms with van der Waals surface area (Å²) in [6.07, 6.45) is 0. The van der Waals surface area contributed by atoms with Gasteiger partial charge in [0.2, 0.25) is 0 Å². The average Bonchev–Trinajstić information content (AvgIpc) is 2.44. The van der Waals surface area contributed by atoms with Crippen LogP contribution in [0.3, 0.4) is 0 Å². The van der Waals surface area contributed by atoms with E-state index in [-0.39, 0.29) is 16.6 Å². The van der Waals surface area contributed by atoms with E-state index in [1.165, 1.54) is 21.1 Å². The van der Waals surface area contributed by atoms with Crippen molar-refractivity contribution in [1.29, 1.82) is 0 Å². The molecule has 106 valence electrons. The van der Waals surface area contributed by atoms with Crippen LogP contribution in [0.5, 0.6) is 0 Å². The second kappa shape index (κ2) is 4.48. The Hall–Kier alpha value is -2.64. The maximum Gasteiger partial charge on any atom is 0.339 e.